The zero-order chi connectivity index (χ0) is 18.0. The van der Waals surface area contributed by atoms with Gasteiger partial charge in [-0.2, -0.15) is 0 Å². The van der Waals surface area contributed by atoms with Crippen LogP contribution in [0.25, 0.3) is 0 Å². The van der Waals surface area contributed by atoms with Gasteiger partial charge >= 0.3 is 0 Å². The molecule has 1 N–H and O–H groups in total. The molecule has 2 aliphatic rings. The minimum atomic E-state index is -0.199. The second-order valence-electron chi connectivity index (χ2n) is 6.66. The summed E-state index contributed by atoms with van der Waals surface area (Å²) in [4.78, 5) is 42.0. The number of carbonyl (C=O) groups is 3. The fraction of sp³-hybridized carbons (Fsp3) is 0.500. The third kappa shape index (κ3) is 3.82. The summed E-state index contributed by atoms with van der Waals surface area (Å²) in [5.74, 6) is -0.0244. The Balaban J connectivity index is 1.73. The highest BCUT2D eigenvalue weighted by atomic mass is 16.2. The molecule has 0 unspecified atom stereocenters. The van der Waals surface area contributed by atoms with Gasteiger partial charge in [-0.25, -0.2) is 0 Å². The predicted octanol–water partition coefficient (Wildman–Crippen LogP) is 0.914. The molecule has 3 rings (SSSR count). The normalized spacial score (nSPS) is 21.4. The summed E-state index contributed by atoms with van der Waals surface area (Å²) < 4.78 is 0. The number of nitrogens with zero attached hydrogens (tertiary/aromatic N) is 3. The van der Waals surface area contributed by atoms with Crippen molar-refractivity contribution in [2.45, 2.75) is 26.3 Å². The quantitative estimate of drug-likeness (QED) is 0.866. The van der Waals surface area contributed by atoms with E-state index >= 15 is 0 Å². The van der Waals surface area contributed by atoms with E-state index in [4.69, 9.17) is 0 Å². The van der Waals surface area contributed by atoms with E-state index in [1.54, 1.807) is 16.7 Å². The van der Waals surface area contributed by atoms with E-state index in [1.165, 1.54) is 0 Å². The lowest BCUT2D eigenvalue weighted by atomic mass is 10.1. The lowest BCUT2D eigenvalue weighted by molar-refractivity contribution is -0.130. The fourth-order valence-corrected chi connectivity index (χ4v) is 3.46. The van der Waals surface area contributed by atoms with Gasteiger partial charge in [-0.05, 0) is 19.1 Å². The lowest BCUT2D eigenvalue weighted by Crippen LogP contribution is -2.52. The second-order valence-corrected chi connectivity index (χ2v) is 6.66. The summed E-state index contributed by atoms with van der Waals surface area (Å²) in [5.41, 5.74) is 1.42. The zero-order valence-corrected chi connectivity index (χ0v) is 14.7. The first-order chi connectivity index (χ1) is 12.0. The van der Waals surface area contributed by atoms with Crippen molar-refractivity contribution in [1.29, 1.82) is 0 Å². The predicted molar refractivity (Wildman–Crippen MR) is 95.3 cm³/mol. The van der Waals surface area contributed by atoms with Crippen molar-refractivity contribution in [3.8, 4) is 0 Å². The van der Waals surface area contributed by atoms with Crippen LogP contribution in [-0.2, 0) is 14.4 Å². The summed E-state index contributed by atoms with van der Waals surface area (Å²) in [6.07, 6.45) is 0.276. The number of nitrogens with one attached hydrogen (secondary N) is 1. The summed E-state index contributed by atoms with van der Waals surface area (Å²) in [6.45, 7) is 6.43. The number of hydrogen-bond acceptors (Lipinski definition) is 4. The molecule has 0 spiro atoms. The van der Waals surface area contributed by atoms with Crippen LogP contribution in [0.3, 0.4) is 0 Å². The molecule has 1 aromatic rings. The molecule has 2 heterocycles. The number of benzene rings is 1. The van der Waals surface area contributed by atoms with Gasteiger partial charge in [-0.15, -0.1) is 0 Å². The van der Waals surface area contributed by atoms with Crippen LogP contribution in [0.1, 0.15) is 20.3 Å². The van der Waals surface area contributed by atoms with Crippen molar-refractivity contribution in [2.24, 2.45) is 0 Å². The highest BCUT2D eigenvalue weighted by Crippen LogP contribution is 2.31. The zero-order valence-electron chi connectivity index (χ0n) is 14.7. The molecule has 1 atom stereocenters. The Bertz CT molecular complexity index is 683. The standard InChI is InChI=1S/C18H24N4O3/c1-13-11-17(24)19-15-5-3-4-6-16(15)22(13)18(25)12-20-7-9-21(10-8-20)14(2)23/h3-6,13H,7-12H2,1-2H3,(H,19,24)/t13-/m1/s1. The molecule has 0 aromatic heterocycles. The van der Waals surface area contributed by atoms with E-state index in [0.717, 1.165) is 5.69 Å². The Morgan fingerprint density at radius 3 is 2.52 bits per heavy atom. The Hall–Kier alpha value is -2.41. The number of amides is 3. The summed E-state index contributed by atoms with van der Waals surface area (Å²) in [5, 5.41) is 2.87. The van der Waals surface area contributed by atoms with Gasteiger partial charge in [0.25, 0.3) is 0 Å². The number of para-hydroxylation sites is 2. The van der Waals surface area contributed by atoms with E-state index in [2.05, 4.69) is 10.2 Å². The Morgan fingerprint density at radius 2 is 1.84 bits per heavy atom. The maximum atomic E-state index is 13.0. The van der Waals surface area contributed by atoms with Gasteiger partial charge in [-0.1, -0.05) is 12.1 Å². The number of fused-ring (bicyclic) bond motifs is 1. The molecule has 0 bridgehead atoms. The van der Waals surface area contributed by atoms with Crippen LogP contribution < -0.4 is 10.2 Å². The Morgan fingerprint density at radius 1 is 1.16 bits per heavy atom. The van der Waals surface area contributed by atoms with Gasteiger partial charge in [0.15, 0.2) is 0 Å². The molecule has 1 aromatic carbocycles. The first-order valence-corrected chi connectivity index (χ1v) is 8.64. The number of carbonyl (C=O) groups excluding carboxylic acids is 3. The number of hydrogen-bond donors (Lipinski definition) is 1. The highest BCUT2D eigenvalue weighted by Gasteiger charge is 2.31. The Kier molecular flexibility index (Phi) is 5.03. The molecule has 1 fully saturated rings. The molecular weight excluding hydrogens is 320 g/mol. The van der Waals surface area contributed by atoms with E-state index in [0.29, 0.717) is 38.4 Å². The average Bonchev–Trinajstić information content (AvgIpc) is 2.69. The van der Waals surface area contributed by atoms with Crippen LogP contribution >= 0.6 is 0 Å². The van der Waals surface area contributed by atoms with Crippen molar-refractivity contribution in [1.82, 2.24) is 9.80 Å². The average molecular weight is 344 g/mol. The smallest absolute Gasteiger partial charge is 0.241 e. The third-order valence-electron chi connectivity index (χ3n) is 4.80. The Labute approximate surface area is 147 Å². The van der Waals surface area contributed by atoms with Crippen LogP contribution in [0.4, 0.5) is 11.4 Å². The first-order valence-electron chi connectivity index (χ1n) is 8.64. The van der Waals surface area contributed by atoms with Gasteiger partial charge in [0, 0.05) is 45.6 Å². The number of anilines is 2. The molecule has 0 saturated carbocycles. The van der Waals surface area contributed by atoms with Crippen molar-refractivity contribution in [3.05, 3.63) is 24.3 Å². The van der Waals surface area contributed by atoms with Gasteiger partial charge in [0.05, 0.1) is 17.9 Å². The molecule has 2 aliphatic heterocycles. The number of piperazine rings is 1. The van der Waals surface area contributed by atoms with Crippen LogP contribution in [-0.4, -0.2) is 66.3 Å². The SMILES string of the molecule is CC(=O)N1CCN(CC(=O)N2c3ccccc3NC(=O)C[C@H]2C)CC1. The topological polar surface area (TPSA) is 73.0 Å². The molecule has 3 amide bonds. The minimum Gasteiger partial charge on any atom is -0.340 e. The molecule has 7 heteroatoms. The first kappa shape index (κ1) is 17.4. The molecule has 7 nitrogen and oxygen atoms in total. The third-order valence-corrected chi connectivity index (χ3v) is 4.80. The van der Waals surface area contributed by atoms with Crippen molar-refractivity contribution >= 4 is 29.1 Å². The van der Waals surface area contributed by atoms with E-state index in [-0.39, 0.29) is 30.2 Å². The van der Waals surface area contributed by atoms with E-state index in [1.807, 2.05) is 31.2 Å². The van der Waals surface area contributed by atoms with Crippen molar-refractivity contribution in [3.63, 3.8) is 0 Å². The summed E-state index contributed by atoms with van der Waals surface area (Å²) in [7, 11) is 0. The van der Waals surface area contributed by atoms with E-state index < -0.39 is 0 Å². The van der Waals surface area contributed by atoms with Crippen molar-refractivity contribution < 1.29 is 14.4 Å². The molecule has 1 saturated heterocycles. The van der Waals surface area contributed by atoms with Crippen LogP contribution in [0.15, 0.2) is 24.3 Å². The molecular formula is C18H24N4O3. The molecule has 0 radical (unpaired) electrons. The maximum absolute atomic E-state index is 13.0. The fourth-order valence-electron chi connectivity index (χ4n) is 3.46. The van der Waals surface area contributed by atoms with Crippen molar-refractivity contribution in [2.75, 3.05) is 42.9 Å². The molecule has 134 valence electrons. The van der Waals surface area contributed by atoms with Gasteiger partial charge < -0.3 is 15.1 Å². The maximum Gasteiger partial charge on any atom is 0.241 e. The highest BCUT2D eigenvalue weighted by molar-refractivity contribution is 6.04. The monoisotopic (exact) mass is 344 g/mol. The lowest BCUT2D eigenvalue weighted by Gasteiger charge is -2.36. The molecule has 0 aliphatic carbocycles. The summed E-state index contributed by atoms with van der Waals surface area (Å²) >= 11 is 0. The van der Waals surface area contributed by atoms with Crippen LogP contribution in [0.5, 0.6) is 0 Å². The largest absolute Gasteiger partial charge is 0.340 e. The van der Waals surface area contributed by atoms with Gasteiger partial charge in [-0.3, -0.25) is 19.3 Å². The van der Waals surface area contributed by atoms with Gasteiger partial charge in [0.1, 0.15) is 0 Å². The number of rotatable bonds is 2. The summed E-state index contributed by atoms with van der Waals surface area (Å²) in [6, 6.07) is 7.20. The van der Waals surface area contributed by atoms with Gasteiger partial charge in [0.2, 0.25) is 17.7 Å². The van der Waals surface area contributed by atoms with Crippen LogP contribution in [0, 0.1) is 0 Å². The minimum absolute atomic E-state index is 0.0206. The van der Waals surface area contributed by atoms with Crippen LogP contribution in [0.2, 0.25) is 0 Å². The van der Waals surface area contributed by atoms with E-state index in [9.17, 15) is 14.4 Å². The molecule has 25 heavy (non-hydrogen) atoms. The second kappa shape index (κ2) is 7.23.